The van der Waals surface area contributed by atoms with Crippen molar-refractivity contribution in [2.24, 2.45) is 0 Å². The fourth-order valence-corrected chi connectivity index (χ4v) is 3.87. The SMILES string of the molecule is CC(C)(C(O)c1ccccc1C1CCC1)N1CCCCC1. The van der Waals surface area contributed by atoms with Gasteiger partial charge < -0.3 is 5.11 Å². The highest BCUT2D eigenvalue weighted by Gasteiger charge is 2.37. The molecule has 1 heterocycles. The van der Waals surface area contributed by atoms with Crippen LogP contribution < -0.4 is 0 Å². The molecule has 116 valence electrons. The van der Waals surface area contributed by atoms with Crippen molar-refractivity contribution in [2.75, 3.05) is 13.1 Å². The molecule has 2 aliphatic rings. The second-order valence-corrected chi connectivity index (χ2v) is 7.36. The van der Waals surface area contributed by atoms with Crippen molar-refractivity contribution in [2.45, 2.75) is 69.9 Å². The molecule has 0 bridgehead atoms. The molecule has 21 heavy (non-hydrogen) atoms. The van der Waals surface area contributed by atoms with E-state index < -0.39 is 6.10 Å². The van der Waals surface area contributed by atoms with Crippen molar-refractivity contribution < 1.29 is 5.11 Å². The molecule has 0 amide bonds. The third-order valence-electron chi connectivity index (χ3n) is 5.68. The van der Waals surface area contributed by atoms with Crippen LogP contribution in [0.15, 0.2) is 24.3 Å². The fraction of sp³-hybridized carbons (Fsp3) is 0.684. The molecule has 1 atom stereocenters. The highest BCUT2D eigenvalue weighted by atomic mass is 16.3. The topological polar surface area (TPSA) is 23.5 Å². The van der Waals surface area contributed by atoms with E-state index in [0.29, 0.717) is 5.92 Å². The fourth-order valence-electron chi connectivity index (χ4n) is 3.87. The van der Waals surface area contributed by atoms with E-state index in [1.807, 2.05) is 0 Å². The highest BCUT2D eigenvalue weighted by Crippen LogP contribution is 2.42. The molecule has 2 nitrogen and oxygen atoms in total. The second kappa shape index (κ2) is 6.10. The van der Waals surface area contributed by atoms with Gasteiger partial charge in [0.25, 0.3) is 0 Å². The Balaban J connectivity index is 1.84. The molecule has 1 saturated heterocycles. The molecule has 0 spiro atoms. The van der Waals surface area contributed by atoms with Gasteiger partial charge in [0.15, 0.2) is 0 Å². The van der Waals surface area contributed by atoms with Crippen LogP contribution in [0.4, 0.5) is 0 Å². The summed E-state index contributed by atoms with van der Waals surface area (Å²) in [4.78, 5) is 2.48. The van der Waals surface area contributed by atoms with E-state index >= 15 is 0 Å². The molecule has 0 aromatic heterocycles. The van der Waals surface area contributed by atoms with Crippen molar-refractivity contribution >= 4 is 0 Å². The van der Waals surface area contributed by atoms with E-state index in [1.54, 1.807) is 0 Å². The van der Waals surface area contributed by atoms with E-state index in [-0.39, 0.29) is 5.54 Å². The number of likely N-dealkylation sites (tertiary alicyclic amines) is 1. The monoisotopic (exact) mass is 287 g/mol. The van der Waals surface area contributed by atoms with Crippen LogP contribution in [0.25, 0.3) is 0 Å². The van der Waals surface area contributed by atoms with Gasteiger partial charge in [-0.05, 0) is 69.7 Å². The van der Waals surface area contributed by atoms with Crippen LogP contribution in [0.1, 0.15) is 75.5 Å². The number of rotatable bonds is 4. The Morgan fingerprint density at radius 1 is 1.05 bits per heavy atom. The van der Waals surface area contributed by atoms with Crippen LogP contribution >= 0.6 is 0 Å². The molecule has 2 fully saturated rings. The Kier molecular flexibility index (Phi) is 4.37. The Labute approximate surface area is 129 Å². The number of aliphatic hydroxyl groups excluding tert-OH is 1. The van der Waals surface area contributed by atoms with Gasteiger partial charge in [0.2, 0.25) is 0 Å². The van der Waals surface area contributed by atoms with Crippen LogP contribution in [0.2, 0.25) is 0 Å². The maximum absolute atomic E-state index is 11.1. The normalized spacial score (nSPS) is 22.8. The van der Waals surface area contributed by atoms with E-state index in [1.165, 1.54) is 44.1 Å². The molecule has 0 radical (unpaired) electrons. The molecular weight excluding hydrogens is 258 g/mol. The Morgan fingerprint density at radius 2 is 1.71 bits per heavy atom. The van der Waals surface area contributed by atoms with Gasteiger partial charge in [0, 0.05) is 5.54 Å². The van der Waals surface area contributed by atoms with Crippen LogP contribution in [-0.4, -0.2) is 28.6 Å². The summed E-state index contributed by atoms with van der Waals surface area (Å²) in [6.45, 7) is 6.66. The zero-order valence-corrected chi connectivity index (χ0v) is 13.5. The summed E-state index contributed by atoms with van der Waals surface area (Å²) in [5, 5.41) is 11.1. The zero-order chi connectivity index (χ0) is 14.9. The van der Waals surface area contributed by atoms with E-state index in [2.05, 4.69) is 43.0 Å². The third-order valence-corrected chi connectivity index (χ3v) is 5.68. The summed E-state index contributed by atoms with van der Waals surface area (Å²) in [6, 6.07) is 8.57. The molecule has 3 rings (SSSR count). The van der Waals surface area contributed by atoms with Crippen LogP contribution in [0.3, 0.4) is 0 Å². The van der Waals surface area contributed by atoms with Gasteiger partial charge in [-0.3, -0.25) is 4.90 Å². The number of aliphatic hydroxyl groups is 1. The molecule has 1 aliphatic carbocycles. The first-order chi connectivity index (χ1) is 10.1. The lowest BCUT2D eigenvalue weighted by atomic mass is 9.75. The average molecular weight is 287 g/mol. The largest absolute Gasteiger partial charge is 0.386 e. The van der Waals surface area contributed by atoms with Gasteiger partial charge in [0.05, 0.1) is 6.10 Å². The molecule has 1 aromatic rings. The summed E-state index contributed by atoms with van der Waals surface area (Å²) >= 11 is 0. The van der Waals surface area contributed by atoms with Gasteiger partial charge in [-0.1, -0.05) is 37.1 Å². The molecule has 1 N–H and O–H groups in total. The van der Waals surface area contributed by atoms with Crippen molar-refractivity contribution in [3.63, 3.8) is 0 Å². The lowest BCUT2D eigenvalue weighted by molar-refractivity contribution is -0.0216. The molecular formula is C19H29NO. The summed E-state index contributed by atoms with van der Waals surface area (Å²) in [5.41, 5.74) is 2.37. The number of piperidine rings is 1. The van der Waals surface area contributed by atoms with Crippen LogP contribution in [-0.2, 0) is 0 Å². The van der Waals surface area contributed by atoms with Crippen LogP contribution in [0.5, 0.6) is 0 Å². The lowest BCUT2D eigenvalue weighted by Crippen LogP contribution is -2.50. The second-order valence-electron chi connectivity index (χ2n) is 7.36. The zero-order valence-electron chi connectivity index (χ0n) is 13.5. The van der Waals surface area contributed by atoms with Crippen molar-refractivity contribution in [3.05, 3.63) is 35.4 Å². The first-order valence-corrected chi connectivity index (χ1v) is 8.62. The standard InChI is InChI=1S/C19H29NO/c1-19(2,20-13-6-3-7-14-20)18(21)17-12-5-4-11-16(17)15-9-8-10-15/h4-5,11-12,15,18,21H,3,6-10,13-14H2,1-2H3. The maximum Gasteiger partial charge on any atom is 0.0970 e. The summed E-state index contributed by atoms with van der Waals surface area (Å²) in [5.74, 6) is 0.674. The summed E-state index contributed by atoms with van der Waals surface area (Å²) in [7, 11) is 0. The van der Waals surface area contributed by atoms with Gasteiger partial charge >= 0.3 is 0 Å². The lowest BCUT2D eigenvalue weighted by Gasteiger charge is -2.45. The first kappa shape index (κ1) is 15.1. The van der Waals surface area contributed by atoms with Gasteiger partial charge in [-0.25, -0.2) is 0 Å². The summed E-state index contributed by atoms with van der Waals surface area (Å²) < 4.78 is 0. The molecule has 1 saturated carbocycles. The highest BCUT2D eigenvalue weighted by molar-refractivity contribution is 5.35. The minimum atomic E-state index is -0.396. The predicted molar refractivity (Wildman–Crippen MR) is 87.5 cm³/mol. The van der Waals surface area contributed by atoms with E-state index in [9.17, 15) is 5.11 Å². The third kappa shape index (κ3) is 2.89. The number of hydrogen-bond donors (Lipinski definition) is 1. The van der Waals surface area contributed by atoms with Gasteiger partial charge in [-0.2, -0.15) is 0 Å². The smallest absolute Gasteiger partial charge is 0.0970 e. The van der Waals surface area contributed by atoms with Crippen molar-refractivity contribution in [1.82, 2.24) is 4.90 Å². The summed E-state index contributed by atoms with van der Waals surface area (Å²) in [6.07, 6.45) is 7.38. The molecule has 1 aliphatic heterocycles. The Hall–Kier alpha value is -0.860. The molecule has 1 aromatic carbocycles. The average Bonchev–Trinajstić information content (AvgIpc) is 2.46. The quantitative estimate of drug-likeness (QED) is 0.894. The van der Waals surface area contributed by atoms with E-state index in [0.717, 1.165) is 18.7 Å². The number of benzene rings is 1. The minimum Gasteiger partial charge on any atom is -0.386 e. The predicted octanol–water partition coefficient (Wildman–Crippen LogP) is 4.25. The van der Waals surface area contributed by atoms with Crippen LogP contribution in [0, 0.1) is 0 Å². The van der Waals surface area contributed by atoms with Gasteiger partial charge in [0.1, 0.15) is 0 Å². The first-order valence-electron chi connectivity index (χ1n) is 8.62. The van der Waals surface area contributed by atoms with E-state index in [4.69, 9.17) is 0 Å². The Morgan fingerprint density at radius 3 is 2.33 bits per heavy atom. The molecule has 2 heteroatoms. The van der Waals surface area contributed by atoms with Gasteiger partial charge in [-0.15, -0.1) is 0 Å². The maximum atomic E-state index is 11.1. The number of hydrogen-bond acceptors (Lipinski definition) is 2. The molecule has 1 unspecified atom stereocenters. The van der Waals surface area contributed by atoms with Crippen molar-refractivity contribution in [3.8, 4) is 0 Å². The Bertz CT molecular complexity index is 472. The van der Waals surface area contributed by atoms with Crippen molar-refractivity contribution in [1.29, 1.82) is 0 Å². The number of nitrogens with zero attached hydrogens (tertiary/aromatic N) is 1. The minimum absolute atomic E-state index is 0.180.